The molecule has 29 heavy (non-hydrogen) atoms. The Kier molecular flexibility index (Phi) is 9.04. The van der Waals surface area contributed by atoms with Crippen LogP contribution in [0.15, 0.2) is 91.0 Å². The molecule has 0 bridgehead atoms. The highest BCUT2D eigenvalue weighted by Gasteiger charge is 2.44. The standard InChI is InChI=1S/C25H30O2P.BrH/c1-25(2,26-3)27-20-13-21-28(22-14-7-4-8-15-22,23-16-9-5-10-17-23)24-18-11-6-12-19-24;/h4-12,14-19H,13,20-21H2,1-3H3;1H/q+1;/p-1. The van der Waals surface area contributed by atoms with Crippen molar-refractivity contribution in [3.63, 3.8) is 0 Å². The van der Waals surface area contributed by atoms with E-state index in [1.165, 1.54) is 15.9 Å². The molecular weight excluding hydrogens is 443 g/mol. The van der Waals surface area contributed by atoms with Crippen molar-refractivity contribution in [1.82, 2.24) is 0 Å². The van der Waals surface area contributed by atoms with Crippen molar-refractivity contribution < 1.29 is 26.5 Å². The number of rotatable bonds is 9. The number of hydrogen-bond acceptors (Lipinski definition) is 2. The first-order valence-electron chi connectivity index (χ1n) is 9.82. The molecule has 0 aliphatic carbocycles. The summed E-state index contributed by atoms with van der Waals surface area (Å²) in [5.74, 6) is -0.548. The lowest BCUT2D eigenvalue weighted by molar-refractivity contribution is -0.196. The Labute approximate surface area is 186 Å². The van der Waals surface area contributed by atoms with Crippen LogP contribution in [0.4, 0.5) is 0 Å². The van der Waals surface area contributed by atoms with Gasteiger partial charge in [-0.2, -0.15) is 0 Å². The Bertz CT molecular complexity index is 742. The second-order valence-electron chi connectivity index (χ2n) is 7.35. The van der Waals surface area contributed by atoms with Crippen LogP contribution in [-0.4, -0.2) is 25.7 Å². The summed E-state index contributed by atoms with van der Waals surface area (Å²) in [6.07, 6.45) is 2.03. The molecule has 0 heterocycles. The molecule has 0 N–H and O–H groups in total. The van der Waals surface area contributed by atoms with Crippen molar-refractivity contribution in [2.45, 2.75) is 26.1 Å². The molecule has 0 amide bonds. The van der Waals surface area contributed by atoms with Crippen LogP contribution in [0.5, 0.6) is 0 Å². The van der Waals surface area contributed by atoms with Gasteiger partial charge in [-0.05, 0) is 50.2 Å². The van der Waals surface area contributed by atoms with Crippen molar-refractivity contribution in [2.75, 3.05) is 19.9 Å². The molecule has 0 saturated heterocycles. The number of hydrogen-bond donors (Lipinski definition) is 0. The molecule has 154 valence electrons. The van der Waals surface area contributed by atoms with E-state index in [1.807, 2.05) is 13.8 Å². The van der Waals surface area contributed by atoms with E-state index in [1.54, 1.807) is 7.11 Å². The second kappa shape index (κ2) is 11.0. The van der Waals surface area contributed by atoms with Crippen LogP contribution in [0.3, 0.4) is 0 Å². The van der Waals surface area contributed by atoms with Crippen molar-refractivity contribution in [3.05, 3.63) is 91.0 Å². The summed E-state index contributed by atoms with van der Waals surface area (Å²) in [6, 6.07) is 32.9. The fourth-order valence-corrected chi connectivity index (χ4v) is 7.88. The van der Waals surface area contributed by atoms with Gasteiger partial charge in [-0.15, -0.1) is 0 Å². The van der Waals surface area contributed by atoms with Gasteiger partial charge < -0.3 is 26.5 Å². The van der Waals surface area contributed by atoms with Crippen LogP contribution in [0, 0.1) is 0 Å². The Balaban J connectivity index is 0.00000300. The summed E-state index contributed by atoms with van der Waals surface area (Å²) in [5, 5.41) is 4.25. The van der Waals surface area contributed by atoms with E-state index in [2.05, 4.69) is 91.0 Å². The molecule has 0 saturated carbocycles. The molecule has 2 nitrogen and oxygen atoms in total. The van der Waals surface area contributed by atoms with Crippen LogP contribution in [0.2, 0.25) is 0 Å². The first-order chi connectivity index (χ1) is 13.6. The van der Waals surface area contributed by atoms with Crippen molar-refractivity contribution in [1.29, 1.82) is 0 Å². The minimum atomic E-state index is -1.76. The average Bonchev–Trinajstić information content (AvgIpc) is 2.76. The third-order valence-corrected chi connectivity index (χ3v) is 9.70. The fraction of sp³-hybridized carbons (Fsp3) is 0.280. The van der Waals surface area contributed by atoms with Crippen LogP contribution in [-0.2, 0) is 9.47 Å². The largest absolute Gasteiger partial charge is 1.00 e. The summed E-state index contributed by atoms with van der Waals surface area (Å²) in [7, 11) is -0.0748. The van der Waals surface area contributed by atoms with E-state index in [0.717, 1.165) is 12.6 Å². The van der Waals surface area contributed by atoms with Crippen LogP contribution in [0.25, 0.3) is 0 Å². The fourth-order valence-electron chi connectivity index (χ4n) is 3.56. The Morgan fingerprint density at radius 3 is 1.41 bits per heavy atom. The molecule has 0 fully saturated rings. The molecule has 0 atom stereocenters. The van der Waals surface area contributed by atoms with Gasteiger partial charge in [-0.1, -0.05) is 54.6 Å². The van der Waals surface area contributed by atoms with Crippen molar-refractivity contribution in [2.24, 2.45) is 0 Å². The van der Waals surface area contributed by atoms with E-state index in [9.17, 15) is 0 Å². The zero-order chi connectivity index (χ0) is 19.9. The average molecular weight is 473 g/mol. The predicted octanol–water partition coefficient (Wildman–Crippen LogP) is 1.77. The zero-order valence-electron chi connectivity index (χ0n) is 17.4. The first-order valence-corrected chi connectivity index (χ1v) is 11.8. The zero-order valence-corrected chi connectivity index (χ0v) is 19.9. The first kappa shape index (κ1) is 23.8. The molecule has 4 heteroatoms. The summed E-state index contributed by atoms with van der Waals surface area (Å²) in [5.41, 5.74) is 0. The Morgan fingerprint density at radius 2 is 1.07 bits per heavy atom. The minimum Gasteiger partial charge on any atom is -1.00 e. The van der Waals surface area contributed by atoms with Crippen molar-refractivity contribution in [3.8, 4) is 0 Å². The molecule has 0 aliphatic rings. The van der Waals surface area contributed by atoms with Crippen LogP contribution >= 0.6 is 7.26 Å². The van der Waals surface area contributed by atoms with Crippen LogP contribution < -0.4 is 32.9 Å². The molecule has 0 radical (unpaired) electrons. The van der Waals surface area contributed by atoms with Gasteiger partial charge in [0.05, 0.1) is 12.8 Å². The van der Waals surface area contributed by atoms with Gasteiger partial charge in [0.15, 0.2) is 5.79 Å². The maximum atomic E-state index is 5.98. The quantitative estimate of drug-likeness (QED) is 0.268. The molecule has 0 aliphatic heterocycles. The topological polar surface area (TPSA) is 18.5 Å². The second-order valence-corrected chi connectivity index (χ2v) is 11.0. The lowest BCUT2D eigenvalue weighted by Gasteiger charge is -2.28. The third kappa shape index (κ3) is 5.77. The number of halogens is 1. The molecule has 0 unspecified atom stereocenters. The summed E-state index contributed by atoms with van der Waals surface area (Å²) in [4.78, 5) is 0. The van der Waals surface area contributed by atoms with Gasteiger partial charge in [0.25, 0.3) is 0 Å². The van der Waals surface area contributed by atoms with E-state index in [0.29, 0.717) is 6.61 Å². The maximum absolute atomic E-state index is 5.98. The van der Waals surface area contributed by atoms with E-state index >= 15 is 0 Å². The van der Waals surface area contributed by atoms with Gasteiger partial charge in [-0.3, -0.25) is 0 Å². The van der Waals surface area contributed by atoms with Gasteiger partial charge >= 0.3 is 0 Å². The predicted molar refractivity (Wildman–Crippen MR) is 122 cm³/mol. The highest BCUT2D eigenvalue weighted by Crippen LogP contribution is 2.55. The third-order valence-electron chi connectivity index (χ3n) is 5.17. The van der Waals surface area contributed by atoms with Crippen molar-refractivity contribution >= 4 is 23.2 Å². The highest BCUT2D eigenvalue weighted by atomic mass is 79.9. The van der Waals surface area contributed by atoms with Gasteiger partial charge in [0.1, 0.15) is 23.2 Å². The van der Waals surface area contributed by atoms with E-state index < -0.39 is 13.0 Å². The Morgan fingerprint density at radius 1 is 0.690 bits per heavy atom. The van der Waals surface area contributed by atoms with E-state index in [-0.39, 0.29) is 17.0 Å². The Hall–Kier alpha value is -1.51. The molecule has 3 aromatic rings. The maximum Gasteiger partial charge on any atom is 0.162 e. The van der Waals surface area contributed by atoms with Gasteiger partial charge in [-0.25, -0.2) is 0 Å². The van der Waals surface area contributed by atoms with E-state index in [4.69, 9.17) is 9.47 Å². The summed E-state index contributed by atoms with van der Waals surface area (Å²) >= 11 is 0. The summed E-state index contributed by atoms with van der Waals surface area (Å²) in [6.45, 7) is 4.59. The number of methoxy groups -OCH3 is 1. The lowest BCUT2D eigenvalue weighted by Crippen LogP contribution is -3.00. The summed E-state index contributed by atoms with van der Waals surface area (Å²) < 4.78 is 11.4. The molecule has 3 rings (SSSR count). The number of benzene rings is 3. The smallest absolute Gasteiger partial charge is 0.162 e. The lowest BCUT2D eigenvalue weighted by atomic mass is 10.3. The minimum absolute atomic E-state index is 0. The molecule has 3 aromatic carbocycles. The SMILES string of the molecule is COC(C)(C)OCCC[P+](c1ccccc1)(c1ccccc1)c1ccccc1.[Br-]. The van der Waals surface area contributed by atoms with Crippen LogP contribution in [0.1, 0.15) is 20.3 Å². The molecule has 0 aromatic heterocycles. The number of ether oxygens (including phenoxy) is 2. The highest BCUT2D eigenvalue weighted by molar-refractivity contribution is 7.95. The monoisotopic (exact) mass is 472 g/mol. The van der Waals surface area contributed by atoms with Gasteiger partial charge in [0, 0.05) is 13.5 Å². The molecule has 0 spiro atoms. The van der Waals surface area contributed by atoms with Gasteiger partial charge in [0.2, 0.25) is 0 Å². The normalized spacial score (nSPS) is 11.7. The molecular formula is C25H30BrO2P.